The number of carbonyl (C=O) groups is 4. The van der Waals surface area contributed by atoms with E-state index in [1.54, 1.807) is 0 Å². The number of hydrogen-bond acceptors (Lipinski definition) is 8. The van der Waals surface area contributed by atoms with Gasteiger partial charge in [-0.2, -0.15) is 0 Å². The predicted octanol–water partition coefficient (Wildman–Crippen LogP) is 8.23. The van der Waals surface area contributed by atoms with Crippen molar-refractivity contribution in [2.45, 2.75) is 116 Å². The maximum atomic E-state index is 14.2. The average molecular weight is 818 g/mol. The van der Waals surface area contributed by atoms with E-state index in [9.17, 15) is 19.2 Å². The summed E-state index contributed by atoms with van der Waals surface area (Å²) in [6.45, 7) is 7.87. The monoisotopic (exact) mass is 817 g/mol. The zero-order valence-electron chi connectivity index (χ0n) is 35.6. The zero-order valence-corrected chi connectivity index (χ0v) is 35.6. The number of rotatable bonds is 12. The van der Waals surface area contributed by atoms with Crippen LogP contribution in [0, 0.1) is 29.6 Å². The molecule has 4 heterocycles. The van der Waals surface area contributed by atoms with Gasteiger partial charge in [-0.1, -0.05) is 89.1 Å². The lowest BCUT2D eigenvalue weighted by molar-refractivity contribution is -0.149. The van der Waals surface area contributed by atoms with Gasteiger partial charge in [-0.15, -0.1) is 0 Å². The second-order valence-corrected chi connectivity index (χ2v) is 18.0. The minimum Gasteiger partial charge on any atom is -0.469 e. The van der Waals surface area contributed by atoms with Crippen molar-refractivity contribution in [3.8, 4) is 33.6 Å². The summed E-state index contributed by atoms with van der Waals surface area (Å²) in [5, 5.41) is 2.78. The molecule has 4 aromatic rings. The first kappa shape index (κ1) is 41.3. The Morgan fingerprint density at radius 2 is 1.13 bits per heavy atom. The SMILES string of the molecule is COC(=O)C[C@H](C(=O)N1[C@@H]2CCC[C@@H]2C[C@H]1c1ncc(-c2ccc(-c3ccc(-c4cnc([C@@H]5C[C@H]6CCC[C@H]6N5C(=O)[C@@H](NC(=O)OC)C(C)C)[nH]4)cc3)cc2)[nH]1)C(C)C. The maximum absolute atomic E-state index is 14.2. The molecule has 8 atom stereocenters. The lowest BCUT2D eigenvalue weighted by Crippen LogP contribution is -2.53. The zero-order chi connectivity index (χ0) is 42.2. The normalized spacial score (nSPS) is 24.4. The molecule has 4 aliphatic rings. The van der Waals surface area contributed by atoms with Crippen LogP contribution in [0.15, 0.2) is 60.9 Å². The summed E-state index contributed by atoms with van der Waals surface area (Å²) in [6.07, 6.45) is 11.2. The Bertz CT molecular complexity index is 2020. The fraction of sp³-hybridized carbons (Fsp3) is 0.532. The first-order chi connectivity index (χ1) is 28.9. The molecule has 2 aromatic heterocycles. The van der Waals surface area contributed by atoms with Crippen LogP contribution in [-0.4, -0.2) is 86.0 Å². The standard InChI is InChI=1S/C47H59N7O6/c1-26(2)34(23-41(55)59-5)45(56)53-37-11-7-9-32(37)21-39(53)43-48-24-35(50-43)30-17-13-28(14-18-30)29-15-19-31(20-16-29)36-25-49-44(51-36)40-22-33-10-8-12-38(33)54(40)46(57)42(27(3)4)52-47(58)60-6/h13-20,24-27,32-34,37-40,42H,7-12,21-23H2,1-6H3,(H,48,50)(H,49,51)(H,52,58)/t32-,33-,34+,37-,38-,39+,40+,42+/m1/s1. The third-order valence-electron chi connectivity index (χ3n) is 13.9. The van der Waals surface area contributed by atoms with Gasteiger partial charge in [-0.05, 0) is 84.5 Å². The smallest absolute Gasteiger partial charge is 0.407 e. The minimum absolute atomic E-state index is 0.00661. The topological polar surface area (TPSA) is 163 Å². The second kappa shape index (κ2) is 17.3. The van der Waals surface area contributed by atoms with Crippen LogP contribution in [0.1, 0.15) is 109 Å². The summed E-state index contributed by atoms with van der Waals surface area (Å²) in [7, 11) is 2.69. The van der Waals surface area contributed by atoms with E-state index >= 15 is 0 Å². The number of methoxy groups -OCH3 is 2. The summed E-state index contributed by atoms with van der Waals surface area (Å²) >= 11 is 0. The fourth-order valence-electron chi connectivity index (χ4n) is 10.6. The van der Waals surface area contributed by atoms with E-state index in [-0.39, 0.29) is 60.2 Å². The third-order valence-corrected chi connectivity index (χ3v) is 13.9. The van der Waals surface area contributed by atoms with Gasteiger partial charge in [0, 0.05) is 12.1 Å². The number of imidazole rings is 2. The molecule has 3 amide bonds. The van der Waals surface area contributed by atoms with E-state index in [2.05, 4.69) is 68.7 Å². The number of carbonyl (C=O) groups excluding carboxylic acids is 4. The molecule has 13 nitrogen and oxygen atoms in total. The van der Waals surface area contributed by atoms with Gasteiger partial charge in [-0.25, -0.2) is 14.8 Å². The van der Waals surface area contributed by atoms with Gasteiger partial charge < -0.3 is 34.6 Å². The molecule has 2 aromatic carbocycles. The van der Waals surface area contributed by atoms with Crippen molar-refractivity contribution < 1.29 is 28.7 Å². The lowest BCUT2D eigenvalue weighted by atomic mass is 9.90. The Hall–Kier alpha value is -5.46. The van der Waals surface area contributed by atoms with E-state index in [1.165, 1.54) is 14.2 Å². The summed E-state index contributed by atoms with van der Waals surface area (Å²) < 4.78 is 9.81. The van der Waals surface area contributed by atoms with Crippen molar-refractivity contribution in [2.75, 3.05) is 14.2 Å². The predicted molar refractivity (Wildman–Crippen MR) is 227 cm³/mol. The molecule has 2 saturated heterocycles. The van der Waals surface area contributed by atoms with Crippen LogP contribution in [-0.2, 0) is 23.9 Å². The van der Waals surface area contributed by atoms with Crippen LogP contribution in [0.25, 0.3) is 33.6 Å². The van der Waals surface area contributed by atoms with E-state index in [0.717, 1.165) is 96.7 Å². The van der Waals surface area contributed by atoms with Gasteiger partial charge in [0.05, 0.1) is 62.4 Å². The molecular weight excluding hydrogens is 759 g/mol. The number of fused-ring (bicyclic) bond motifs is 2. The molecule has 13 heteroatoms. The number of hydrogen-bond donors (Lipinski definition) is 3. The highest BCUT2D eigenvalue weighted by Crippen LogP contribution is 2.49. The molecule has 0 unspecified atom stereocenters. The molecule has 4 fully saturated rings. The quantitative estimate of drug-likeness (QED) is 0.121. The van der Waals surface area contributed by atoms with Gasteiger partial charge in [0.25, 0.3) is 0 Å². The number of alkyl carbamates (subject to hydrolysis) is 1. The molecule has 2 aliphatic heterocycles. The molecule has 0 spiro atoms. The van der Waals surface area contributed by atoms with Crippen molar-refractivity contribution >= 4 is 23.9 Å². The van der Waals surface area contributed by atoms with Crippen LogP contribution >= 0.6 is 0 Å². The van der Waals surface area contributed by atoms with Gasteiger partial charge in [0.2, 0.25) is 11.8 Å². The van der Waals surface area contributed by atoms with Gasteiger partial charge in [0.15, 0.2) is 0 Å². The van der Waals surface area contributed by atoms with Crippen LogP contribution in [0.5, 0.6) is 0 Å². The number of likely N-dealkylation sites (tertiary alicyclic amines) is 2. The largest absolute Gasteiger partial charge is 0.469 e. The van der Waals surface area contributed by atoms with Gasteiger partial charge in [-0.3, -0.25) is 14.4 Å². The number of amides is 3. The number of nitrogens with one attached hydrogen (secondary N) is 3. The molecule has 0 bridgehead atoms. The number of esters is 1. The lowest BCUT2D eigenvalue weighted by Gasteiger charge is -2.33. The summed E-state index contributed by atoms with van der Waals surface area (Å²) in [5.41, 5.74) is 5.93. The van der Waals surface area contributed by atoms with Gasteiger partial charge in [0.1, 0.15) is 17.7 Å². The first-order valence-corrected chi connectivity index (χ1v) is 21.8. The van der Waals surface area contributed by atoms with Crippen LogP contribution in [0.4, 0.5) is 4.79 Å². The summed E-state index contributed by atoms with van der Waals surface area (Å²) in [6, 6.07) is 16.0. The Morgan fingerprint density at radius 1 is 0.667 bits per heavy atom. The number of benzene rings is 2. The number of ether oxygens (including phenoxy) is 2. The summed E-state index contributed by atoms with van der Waals surface area (Å²) in [4.78, 5) is 73.5. The minimum atomic E-state index is -0.684. The molecule has 2 saturated carbocycles. The number of aromatic nitrogens is 4. The third kappa shape index (κ3) is 7.94. The van der Waals surface area contributed by atoms with E-state index in [1.807, 2.05) is 45.0 Å². The Kier molecular flexibility index (Phi) is 11.9. The van der Waals surface area contributed by atoms with Crippen LogP contribution in [0.2, 0.25) is 0 Å². The summed E-state index contributed by atoms with van der Waals surface area (Å²) in [5.74, 6) is 1.46. The Labute approximate surface area is 352 Å². The van der Waals surface area contributed by atoms with Crippen molar-refractivity contribution in [1.29, 1.82) is 0 Å². The van der Waals surface area contributed by atoms with Crippen molar-refractivity contribution in [3.63, 3.8) is 0 Å². The van der Waals surface area contributed by atoms with Crippen molar-refractivity contribution in [1.82, 2.24) is 35.1 Å². The number of nitrogens with zero attached hydrogens (tertiary/aromatic N) is 4. The molecule has 8 rings (SSSR count). The van der Waals surface area contributed by atoms with Crippen LogP contribution < -0.4 is 5.32 Å². The number of H-pyrrole nitrogens is 2. The van der Waals surface area contributed by atoms with Crippen molar-refractivity contribution in [3.05, 3.63) is 72.6 Å². The second-order valence-electron chi connectivity index (χ2n) is 18.0. The molecule has 3 N–H and O–H groups in total. The van der Waals surface area contributed by atoms with Gasteiger partial charge >= 0.3 is 12.1 Å². The van der Waals surface area contributed by atoms with E-state index in [0.29, 0.717) is 11.8 Å². The highest BCUT2D eigenvalue weighted by Gasteiger charge is 2.51. The molecule has 60 heavy (non-hydrogen) atoms. The van der Waals surface area contributed by atoms with Crippen molar-refractivity contribution in [2.24, 2.45) is 29.6 Å². The fourth-order valence-corrected chi connectivity index (χ4v) is 10.6. The average Bonchev–Trinajstić information content (AvgIpc) is 4.10. The Balaban J connectivity index is 0.956. The molecule has 0 radical (unpaired) electrons. The van der Waals surface area contributed by atoms with E-state index in [4.69, 9.17) is 19.4 Å². The highest BCUT2D eigenvalue weighted by molar-refractivity contribution is 5.87. The highest BCUT2D eigenvalue weighted by atomic mass is 16.5. The first-order valence-electron chi connectivity index (χ1n) is 21.8. The molecular formula is C47H59N7O6. The maximum Gasteiger partial charge on any atom is 0.407 e. The molecule has 318 valence electrons. The number of aromatic amines is 2. The van der Waals surface area contributed by atoms with E-state index < -0.39 is 18.1 Å². The Morgan fingerprint density at radius 3 is 1.57 bits per heavy atom. The molecule has 2 aliphatic carbocycles. The van der Waals surface area contributed by atoms with Crippen LogP contribution in [0.3, 0.4) is 0 Å².